The molecule has 2 fully saturated rings. The Morgan fingerprint density at radius 2 is 1.96 bits per heavy atom. The first-order valence-electron chi connectivity index (χ1n) is 8.59. The number of nitrogens with zero attached hydrogens (tertiary/aromatic N) is 1. The SMILES string of the molecule is CC1CN(CCCCNC(=O)CC2CSCCN2)CC(C)O1.Cl.Cl. The zero-order valence-electron chi connectivity index (χ0n) is 14.8. The minimum atomic E-state index is 0. The highest BCUT2D eigenvalue weighted by Gasteiger charge is 2.21. The van der Waals surface area contributed by atoms with Gasteiger partial charge in [0.25, 0.3) is 0 Å². The second-order valence-corrected chi connectivity index (χ2v) is 7.65. The Balaban J connectivity index is 0.00000264. The summed E-state index contributed by atoms with van der Waals surface area (Å²) in [5.74, 6) is 2.41. The average Bonchev–Trinajstić information content (AvgIpc) is 2.47. The third-order valence-corrected chi connectivity index (χ3v) is 5.28. The molecule has 2 N–H and O–H groups in total. The van der Waals surface area contributed by atoms with Gasteiger partial charge in [-0.3, -0.25) is 9.69 Å². The van der Waals surface area contributed by atoms with E-state index >= 15 is 0 Å². The number of hydrogen-bond donors (Lipinski definition) is 2. The Morgan fingerprint density at radius 1 is 1.25 bits per heavy atom. The van der Waals surface area contributed by atoms with Gasteiger partial charge >= 0.3 is 0 Å². The fourth-order valence-electron chi connectivity index (χ4n) is 3.20. The van der Waals surface area contributed by atoms with Gasteiger partial charge in [-0.2, -0.15) is 11.8 Å². The molecule has 1 amide bonds. The van der Waals surface area contributed by atoms with E-state index in [1.54, 1.807) is 0 Å². The predicted octanol–water partition coefficient (Wildman–Crippen LogP) is 1.93. The van der Waals surface area contributed by atoms with Crippen molar-refractivity contribution in [3.05, 3.63) is 0 Å². The van der Waals surface area contributed by atoms with Gasteiger partial charge in [0.1, 0.15) is 0 Å². The third-order valence-electron chi connectivity index (χ3n) is 4.15. The summed E-state index contributed by atoms with van der Waals surface area (Å²) in [5.41, 5.74) is 0. The van der Waals surface area contributed by atoms with Gasteiger partial charge in [-0.15, -0.1) is 24.8 Å². The molecule has 0 spiro atoms. The molecule has 0 aromatic rings. The molecule has 0 radical (unpaired) electrons. The van der Waals surface area contributed by atoms with Crippen LogP contribution < -0.4 is 10.6 Å². The summed E-state index contributed by atoms with van der Waals surface area (Å²) in [6.07, 6.45) is 3.48. The Hall–Kier alpha value is 0.280. The van der Waals surface area contributed by atoms with Gasteiger partial charge in [0.05, 0.1) is 12.2 Å². The van der Waals surface area contributed by atoms with Gasteiger partial charge in [0, 0.05) is 50.1 Å². The van der Waals surface area contributed by atoms with Crippen molar-refractivity contribution in [1.82, 2.24) is 15.5 Å². The number of thioether (sulfide) groups is 1. The monoisotopic (exact) mass is 401 g/mol. The molecule has 2 saturated heterocycles. The van der Waals surface area contributed by atoms with Crippen molar-refractivity contribution in [2.24, 2.45) is 0 Å². The molecule has 0 bridgehead atoms. The summed E-state index contributed by atoms with van der Waals surface area (Å²) in [6.45, 7) is 9.27. The molecule has 8 heteroatoms. The zero-order valence-corrected chi connectivity index (χ0v) is 17.2. The molecule has 24 heavy (non-hydrogen) atoms. The normalized spacial score (nSPS) is 27.7. The van der Waals surface area contributed by atoms with E-state index in [0.717, 1.165) is 57.1 Å². The van der Waals surface area contributed by atoms with E-state index in [2.05, 4.69) is 29.4 Å². The van der Waals surface area contributed by atoms with E-state index in [9.17, 15) is 4.79 Å². The van der Waals surface area contributed by atoms with Crippen LogP contribution in [0.1, 0.15) is 33.1 Å². The maximum absolute atomic E-state index is 11.9. The van der Waals surface area contributed by atoms with E-state index in [4.69, 9.17) is 4.74 Å². The molecule has 3 unspecified atom stereocenters. The van der Waals surface area contributed by atoms with Crippen molar-refractivity contribution >= 4 is 42.5 Å². The maximum Gasteiger partial charge on any atom is 0.221 e. The van der Waals surface area contributed by atoms with Crippen LogP contribution in [0.4, 0.5) is 0 Å². The Kier molecular flexibility index (Phi) is 13.6. The van der Waals surface area contributed by atoms with Crippen LogP contribution in [0, 0.1) is 0 Å². The lowest BCUT2D eigenvalue weighted by Crippen LogP contribution is -2.45. The third kappa shape index (κ3) is 9.68. The van der Waals surface area contributed by atoms with Crippen LogP contribution in [-0.2, 0) is 9.53 Å². The average molecular weight is 402 g/mol. The number of amides is 1. The van der Waals surface area contributed by atoms with Crippen LogP contribution in [0.2, 0.25) is 0 Å². The van der Waals surface area contributed by atoms with Crippen LogP contribution in [0.3, 0.4) is 0 Å². The number of carbonyl (C=O) groups is 1. The second-order valence-electron chi connectivity index (χ2n) is 6.50. The molecule has 3 atom stereocenters. The van der Waals surface area contributed by atoms with Crippen molar-refractivity contribution in [2.45, 2.75) is 51.4 Å². The van der Waals surface area contributed by atoms with Crippen molar-refractivity contribution in [1.29, 1.82) is 0 Å². The quantitative estimate of drug-likeness (QED) is 0.638. The van der Waals surface area contributed by atoms with E-state index in [1.807, 2.05) is 11.8 Å². The van der Waals surface area contributed by atoms with Gasteiger partial charge in [-0.1, -0.05) is 0 Å². The minimum Gasteiger partial charge on any atom is -0.373 e. The Morgan fingerprint density at radius 3 is 2.58 bits per heavy atom. The summed E-state index contributed by atoms with van der Waals surface area (Å²) in [4.78, 5) is 14.4. The number of ether oxygens (including phenoxy) is 1. The summed E-state index contributed by atoms with van der Waals surface area (Å²) in [7, 11) is 0. The molecule has 0 aromatic heterocycles. The molecule has 2 aliphatic rings. The highest BCUT2D eigenvalue weighted by Crippen LogP contribution is 2.11. The molecule has 0 aromatic carbocycles. The van der Waals surface area contributed by atoms with E-state index in [0.29, 0.717) is 24.7 Å². The largest absolute Gasteiger partial charge is 0.373 e. The lowest BCUT2D eigenvalue weighted by atomic mass is 10.2. The lowest BCUT2D eigenvalue weighted by molar-refractivity contribution is -0.121. The number of nitrogens with one attached hydrogen (secondary N) is 2. The fraction of sp³-hybridized carbons (Fsp3) is 0.938. The van der Waals surface area contributed by atoms with Gasteiger partial charge in [0.15, 0.2) is 0 Å². The van der Waals surface area contributed by atoms with Crippen LogP contribution in [0.15, 0.2) is 0 Å². The van der Waals surface area contributed by atoms with Gasteiger partial charge in [-0.25, -0.2) is 0 Å². The van der Waals surface area contributed by atoms with Gasteiger partial charge < -0.3 is 15.4 Å². The molecule has 0 aliphatic carbocycles. The highest BCUT2D eigenvalue weighted by molar-refractivity contribution is 7.99. The summed E-state index contributed by atoms with van der Waals surface area (Å²) >= 11 is 1.93. The molecule has 2 rings (SSSR count). The number of rotatable bonds is 7. The Bertz CT molecular complexity index is 337. The van der Waals surface area contributed by atoms with Crippen molar-refractivity contribution in [2.75, 3.05) is 44.2 Å². The molecule has 2 aliphatic heterocycles. The molecular formula is C16H33Cl2N3O2S. The molecular weight excluding hydrogens is 369 g/mol. The first kappa shape index (κ1) is 24.3. The van der Waals surface area contributed by atoms with Crippen LogP contribution >= 0.6 is 36.6 Å². The van der Waals surface area contributed by atoms with Crippen LogP contribution in [0.5, 0.6) is 0 Å². The van der Waals surface area contributed by atoms with Crippen molar-refractivity contribution in [3.8, 4) is 0 Å². The molecule has 0 saturated carbocycles. The number of halogens is 2. The second kappa shape index (κ2) is 13.5. The summed E-state index contributed by atoms with van der Waals surface area (Å²) < 4.78 is 5.74. The zero-order chi connectivity index (χ0) is 15.8. The fourth-order valence-corrected chi connectivity index (χ4v) is 4.15. The molecule has 5 nitrogen and oxygen atoms in total. The van der Waals surface area contributed by atoms with Gasteiger partial charge in [-0.05, 0) is 33.2 Å². The van der Waals surface area contributed by atoms with Crippen LogP contribution in [0.25, 0.3) is 0 Å². The number of hydrogen-bond acceptors (Lipinski definition) is 5. The predicted molar refractivity (Wildman–Crippen MR) is 107 cm³/mol. The molecule has 144 valence electrons. The van der Waals surface area contributed by atoms with E-state index < -0.39 is 0 Å². The standard InChI is InChI=1S/C16H31N3O2S.2ClH/c1-13-10-19(11-14(2)21-13)7-4-3-5-18-16(20)9-15-12-22-8-6-17-15;;/h13-15,17H,3-12H2,1-2H3,(H,18,20);2*1H. The topological polar surface area (TPSA) is 53.6 Å². The molecule has 2 heterocycles. The first-order chi connectivity index (χ1) is 10.6. The highest BCUT2D eigenvalue weighted by atomic mass is 35.5. The van der Waals surface area contributed by atoms with Crippen LogP contribution in [-0.4, -0.2) is 73.3 Å². The number of morpholine rings is 1. The van der Waals surface area contributed by atoms with E-state index in [1.165, 1.54) is 0 Å². The summed E-state index contributed by atoms with van der Waals surface area (Å²) in [6, 6.07) is 0.357. The number of carbonyl (C=O) groups excluding carboxylic acids is 1. The minimum absolute atomic E-state index is 0. The summed E-state index contributed by atoms with van der Waals surface area (Å²) in [5, 5.41) is 6.46. The van der Waals surface area contributed by atoms with E-state index in [-0.39, 0.29) is 30.7 Å². The van der Waals surface area contributed by atoms with Crippen molar-refractivity contribution in [3.63, 3.8) is 0 Å². The maximum atomic E-state index is 11.9. The Labute approximate surface area is 163 Å². The van der Waals surface area contributed by atoms with Gasteiger partial charge in [0.2, 0.25) is 5.91 Å². The lowest BCUT2D eigenvalue weighted by Gasteiger charge is -2.35. The first-order valence-corrected chi connectivity index (χ1v) is 9.74. The van der Waals surface area contributed by atoms with Crippen molar-refractivity contribution < 1.29 is 9.53 Å². The number of unbranched alkanes of at least 4 members (excludes halogenated alkanes) is 1. The smallest absolute Gasteiger partial charge is 0.221 e.